The SMILES string of the molecule is CC(=O)/C=C1/c2ccccc2C(=O)N1c1ccc(C)cc1. The number of allylic oxidation sites excluding steroid dienone is 1. The van der Waals surface area contributed by atoms with Crippen molar-refractivity contribution < 1.29 is 9.59 Å². The second-order valence-electron chi connectivity index (χ2n) is 5.16. The predicted octanol–water partition coefficient (Wildman–Crippen LogP) is 3.59. The Hall–Kier alpha value is -2.68. The number of amides is 1. The van der Waals surface area contributed by atoms with Crippen LogP contribution in [-0.4, -0.2) is 11.7 Å². The van der Waals surface area contributed by atoms with Crippen molar-refractivity contribution in [3.63, 3.8) is 0 Å². The molecule has 0 N–H and O–H groups in total. The molecule has 3 nitrogen and oxygen atoms in total. The summed E-state index contributed by atoms with van der Waals surface area (Å²) in [5, 5.41) is 0. The molecule has 3 rings (SSSR count). The lowest BCUT2D eigenvalue weighted by Crippen LogP contribution is -2.22. The highest BCUT2D eigenvalue weighted by molar-refractivity contribution is 6.24. The zero-order valence-electron chi connectivity index (χ0n) is 12.0. The van der Waals surface area contributed by atoms with Gasteiger partial charge in [-0.2, -0.15) is 0 Å². The lowest BCUT2D eigenvalue weighted by Gasteiger charge is -2.18. The Morgan fingerprint density at radius 3 is 2.24 bits per heavy atom. The number of fused-ring (bicyclic) bond motifs is 1. The summed E-state index contributed by atoms with van der Waals surface area (Å²) in [4.78, 5) is 25.8. The van der Waals surface area contributed by atoms with E-state index in [1.165, 1.54) is 13.0 Å². The average molecular weight is 277 g/mol. The maximum absolute atomic E-state index is 12.6. The Morgan fingerprint density at radius 2 is 1.62 bits per heavy atom. The van der Waals surface area contributed by atoms with E-state index < -0.39 is 0 Å². The zero-order chi connectivity index (χ0) is 15.0. The first-order valence-corrected chi connectivity index (χ1v) is 6.81. The summed E-state index contributed by atoms with van der Waals surface area (Å²) in [5.74, 6) is -0.173. The van der Waals surface area contributed by atoms with Gasteiger partial charge in [-0.25, -0.2) is 0 Å². The molecule has 0 saturated heterocycles. The topological polar surface area (TPSA) is 37.4 Å². The van der Waals surface area contributed by atoms with Crippen LogP contribution in [0.1, 0.15) is 28.4 Å². The molecule has 0 bridgehead atoms. The van der Waals surface area contributed by atoms with Crippen molar-refractivity contribution >= 4 is 23.1 Å². The second kappa shape index (κ2) is 5.02. The van der Waals surface area contributed by atoms with E-state index in [2.05, 4.69) is 0 Å². The summed E-state index contributed by atoms with van der Waals surface area (Å²) < 4.78 is 0. The van der Waals surface area contributed by atoms with Crippen LogP contribution in [0.4, 0.5) is 5.69 Å². The third-order valence-electron chi connectivity index (χ3n) is 3.51. The Bertz CT molecular complexity index is 757. The van der Waals surface area contributed by atoms with Crippen LogP contribution in [-0.2, 0) is 4.79 Å². The maximum atomic E-state index is 12.6. The lowest BCUT2D eigenvalue weighted by atomic mass is 10.1. The van der Waals surface area contributed by atoms with Gasteiger partial charge in [0.1, 0.15) is 0 Å². The minimum atomic E-state index is -0.0954. The van der Waals surface area contributed by atoms with Crippen molar-refractivity contribution in [3.05, 3.63) is 71.3 Å². The molecule has 1 amide bonds. The Labute approximate surface area is 123 Å². The summed E-state index contributed by atoms with van der Waals surface area (Å²) in [6, 6.07) is 15.1. The summed E-state index contributed by atoms with van der Waals surface area (Å²) >= 11 is 0. The van der Waals surface area contributed by atoms with Gasteiger partial charge >= 0.3 is 0 Å². The first-order chi connectivity index (χ1) is 10.1. The number of hydrogen-bond acceptors (Lipinski definition) is 2. The molecule has 2 aromatic rings. The van der Waals surface area contributed by atoms with Crippen molar-refractivity contribution in [2.75, 3.05) is 4.90 Å². The number of rotatable bonds is 2. The number of carbonyl (C=O) groups excluding carboxylic acids is 2. The van der Waals surface area contributed by atoms with Gasteiger partial charge in [-0.15, -0.1) is 0 Å². The van der Waals surface area contributed by atoms with Crippen LogP contribution in [0.2, 0.25) is 0 Å². The third-order valence-corrected chi connectivity index (χ3v) is 3.51. The number of hydrogen-bond donors (Lipinski definition) is 0. The quantitative estimate of drug-likeness (QED) is 0.787. The van der Waals surface area contributed by atoms with Crippen molar-refractivity contribution in [3.8, 4) is 0 Å². The van der Waals surface area contributed by atoms with E-state index in [0.29, 0.717) is 11.3 Å². The van der Waals surface area contributed by atoms with Gasteiger partial charge < -0.3 is 0 Å². The largest absolute Gasteiger partial charge is 0.295 e. The van der Waals surface area contributed by atoms with Gasteiger partial charge in [0.25, 0.3) is 5.91 Å². The van der Waals surface area contributed by atoms with Crippen molar-refractivity contribution in [2.45, 2.75) is 13.8 Å². The first kappa shape index (κ1) is 13.3. The minimum Gasteiger partial charge on any atom is -0.295 e. The Morgan fingerprint density at radius 1 is 1.00 bits per heavy atom. The summed E-state index contributed by atoms with van der Waals surface area (Å²) in [5.41, 5.74) is 3.98. The van der Waals surface area contributed by atoms with Gasteiger partial charge in [0.15, 0.2) is 5.78 Å². The van der Waals surface area contributed by atoms with Gasteiger partial charge in [0, 0.05) is 22.9 Å². The number of nitrogens with zero attached hydrogens (tertiary/aromatic N) is 1. The molecule has 3 heteroatoms. The summed E-state index contributed by atoms with van der Waals surface area (Å²) in [7, 11) is 0. The molecular formula is C18H15NO2. The van der Waals surface area contributed by atoms with Crippen molar-refractivity contribution in [1.82, 2.24) is 0 Å². The molecule has 2 aromatic carbocycles. The highest BCUT2D eigenvalue weighted by atomic mass is 16.2. The van der Waals surface area contributed by atoms with Crippen LogP contribution in [0.5, 0.6) is 0 Å². The number of carbonyl (C=O) groups is 2. The number of benzene rings is 2. The third kappa shape index (κ3) is 2.27. The Kier molecular flexibility index (Phi) is 3.18. The second-order valence-corrected chi connectivity index (χ2v) is 5.16. The van der Waals surface area contributed by atoms with E-state index in [0.717, 1.165) is 16.8 Å². The van der Waals surface area contributed by atoms with Gasteiger partial charge in [0.2, 0.25) is 0 Å². The number of aryl methyl sites for hydroxylation is 1. The van der Waals surface area contributed by atoms with Crippen molar-refractivity contribution in [2.24, 2.45) is 0 Å². The summed E-state index contributed by atoms with van der Waals surface area (Å²) in [6.45, 7) is 3.49. The molecule has 0 radical (unpaired) electrons. The molecule has 1 aliphatic rings. The van der Waals surface area contributed by atoms with Crippen LogP contribution >= 0.6 is 0 Å². The summed E-state index contributed by atoms with van der Waals surface area (Å²) in [6.07, 6.45) is 1.52. The van der Waals surface area contributed by atoms with Crippen LogP contribution in [0, 0.1) is 6.92 Å². The van der Waals surface area contributed by atoms with E-state index in [1.54, 1.807) is 11.0 Å². The molecule has 0 atom stereocenters. The van der Waals surface area contributed by atoms with Gasteiger partial charge in [-0.1, -0.05) is 35.9 Å². The van der Waals surface area contributed by atoms with Crippen LogP contribution in [0.3, 0.4) is 0 Å². The zero-order valence-corrected chi connectivity index (χ0v) is 12.0. The first-order valence-electron chi connectivity index (χ1n) is 6.81. The monoisotopic (exact) mass is 277 g/mol. The van der Waals surface area contributed by atoms with Crippen molar-refractivity contribution in [1.29, 1.82) is 0 Å². The van der Waals surface area contributed by atoms with E-state index in [9.17, 15) is 9.59 Å². The fraction of sp³-hybridized carbons (Fsp3) is 0.111. The standard InChI is InChI=1S/C18H15NO2/c1-12-7-9-14(10-8-12)19-17(11-13(2)20)15-5-3-4-6-16(15)18(19)21/h3-11H,1-2H3/b17-11-. The predicted molar refractivity (Wildman–Crippen MR) is 83.1 cm³/mol. The van der Waals surface area contributed by atoms with E-state index in [-0.39, 0.29) is 11.7 Å². The molecule has 0 spiro atoms. The smallest absolute Gasteiger partial charge is 0.263 e. The molecular weight excluding hydrogens is 262 g/mol. The highest BCUT2D eigenvalue weighted by Crippen LogP contribution is 2.36. The fourth-order valence-corrected chi connectivity index (χ4v) is 2.53. The van der Waals surface area contributed by atoms with E-state index >= 15 is 0 Å². The molecule has 0 aromatic heterocycles. The number of ketones is 1. The van der Waals surface area contributed by atoms with Crippen LogP contribution < -0.4 is 4.90 Å². The van der Waals surface area contributed by atoms with Gasteiger partial charge in [0.05, 0.1) is 5.70 Å². The molecule has 0 saturated carbocycles. The van der Waals surface area contributed by atoms with E-state index in [4.69, 9.17) is 0 Å². The molecule has 0 fully saturated rings. The normalized spacial score (nSPS) is 15.4. The molecule has 0 aliphatic carbocycles. The van der Waals surface area contributed by atoms with Crippen LogP contribution in [0.15, 0.2) is 54.6 Å². The van der Waals surface area contributed by atoms with Crippen LogP contribution in [0.25, 0.3) is 5.70 Å². The minimum absolute atomic E-state index is 0.0772. The molecule has 1 heterocycles. The van der Waals surface area contributed by atoms with E-state index in [1.807, 2.05) is 49.4 Å². The molecule has 1 aliphatic heterocycles. The highest BCUT2D eigenvalue weighted by Gasteiger charge is 2.33. The van der Waals surface area contributed by atoms with Gasteiger partial charge in [-0.3, -0.25) is 14.5 Å². The molecule has 21 heavy (non-hydrogen) atoms. The lowest BCUT2D eigenvalue weighted by molar-refractivity contribution is -0.112. The average Bonchev–Trinajstić information content (AvgIpc) is 2.73. The maximum Gasteiger partial charge on any atom is 0.263 e. The fourth-order valence-electron chi connectivity index (χ4n) is 2.53. The number of anilines is 1. The Balaban J connectivity index is 2.18. The van der Waals surface area contributed by atoms with Gasteiger partial charge in [-0.05, 0) is 32.0 Å². The molecule has 104 valence electrons. The molecule has 0 unspecified atom stereocenters.